The predicted octanol–water partition coefficient (Wildman–Crippen LogP) is 2.31. The summed E-state index contributed by atoms with van der Waals surface area (Å²) in [6, 6.07) is 12.8. The Morgan fingerprint density at radius 2 is 1.73 bits per heavy atom. The van der Waals surface area contributed by atoms with Crippen molar-refractivity contribution in [2.75, 3.05) is 25.1 Å². The molecular formula is C27H23N3O9S2. The summed E-state index contributed by atoms with van der Waals surface area (Å²) in [5.41, 5.74) is 1.47. The van der Waals surface area contributed by atoms with Crippen molar-refractivity contribution in [3.05, 3.63) is 74.2 Å². The van der Waals surface area contributed by atoms with E-state index in [0.717, 1.165) is 28.0 Å². The van der Waals surface area contributed by atoms with Gasteiger partial charge in [-0.25, -0.2) is 4.79 Å². The average molecular weight is 598 g/mol. The Labute approximate surface area is 240 Å². The van der Waals surface area contributed by atoms with Gasteiger partial charge in [-0.1, -0.05) is 35.2 Å². The molecule has 1 saturated heterocycles. The number of thiazole rings is 1. The third-order valence-corrected chi connectivity index (χ3v) is 8.90. The summed E-state index contributed by atoms with van der Waals surface area (Å²) in [7, 11) is 0. The van der Waals surface area contributed by atoms with E-state index in [-0.39, 0.29) is 18.1 Å². The quantitative estimate of drug-likeness (QED) is 0.245. The molecule has 0 radical (unpaired) electrons. The molecule has 2 aliphatic heterocycles. The molecule has 2 aliphatic rings. The first-order chi connectivity index (χ1) is 19.7. The number of hydrogen-bond donors (Lipinski definition) is 3. The molecule has 1 fully saturated rings. The number of carbonyl (C=O) groups excluding carboxylic acids is 4. The van der Waals surface area contributed by atoms with E-state index in [2.05, 4.69) is 10.3 Å². The Kier molecular flexibility index (Phi) is 7.94. The van der Waals surface area contributed by atoms with Crippen molar-refractivity contribution in [1.82, 2.24) is 9.88 Å². The second-order valence-electron chi connectivity index (χ2n) is 9.11. The van der Waals surface area contributed by atoms with Gasteiger partial charge in [0.2, 0.25) is 11.8 Å². The number of ether oxygens (including phenoxy) is 2. The van der Waals surface area contributed by atoms with Crippen molar-refractivity contribution in [3.8, 4) is 5.75 Å². The number of H-pyrrole nitrogens is 1. The lowest BCUT2D eigenvalue weighted by molar-refractivity contribution is -0.149. The fraction of sp³-hybridized carbons (Fsp3) is 0.259. The van der Waals surface area contributed by atoms with E-state index in [9.17, 15) is 33.9 Å². The van der Waals surface area contributed by atoms with Crippen LogP contribution in [0.2, 0.25) is 0 Å². The number of carboxylic acid groups (broad SMARTS) is 1. The minimum Gasteiger partial charge on any atom is -0.484 e. The van der Waals surface area contributed by atoms with Crippen LogP contribution >= 0.6 is 23.1 Å². The molecule has 3 atom stereocenters. The topological polar surface area (TPSA) is 172 Å². The van der Waals surface area contributed by atoms with Gasteiger partial charge in [-0.15, -0.1) is 0 Å². The van der Waals surface area contributed by atoms with E-state index in [4.69, 9.17) is 9.47 Å². The Bertz CT molecular complexity index is 1580. The largest absolute Gasteiger partial charge is 0.484 e. The number of rotatable bonds is 9. The summed E-state index contributed by atoms with van der Waals surface area (Å²) in [6.07, 6.45) is 0. The molecule has 3 aromatic rings. The van der Waals surface area contributed by atoms with Crippen LogP contribution in [0.1, 0.15) is 33.6 Å². The molecule has 0 aliphatic carbocycles. The third kappa shape index (κ3) is 5.74. The van der Waals surface area contributed by atoms with Crippen molar-refractivity contribution in [1.29, 1.82) is 0 Å². The zero-order valence-corrected chi connectivity index (χ0v) is 23.1. The number of aliphatic carboxylic acids is 1. The van der Waals surface area contributed by atoms with Gasteiger partial charge in [0.15, 0.2) is 6.61 Å². The molecule has 212 valence electrons. The SMILES string of the molecule is CCOC(=O)c1ccc(NC(=O)COc2ccc([C@@H]3c4sc(=O)[nH]c4S[C@@H]4C(=O)N(CC(=O)O)C(=O)[C@H]34)cc2)cc1. The van der Waals surface area contributed by atoms with Crippen LogP contribution in [-0.2, 0) is 23.9 Å². The normalized spacial score (nSPS) is 19.3. The monoisotopic (exact) mass is 597 g/mol. The maximum absolute atomic E-state index is 13.2. The van der Waals surface area contributed by atoms with E-state index in [1.165, 1.54) is 12.1 Å². The molecule has 1 aromatic heterocycles. The van der Waals surface area contributed by atoms with Crippen molar-refractivity contribution >= 4 is 58.4 Å². The summed E-state index contributed by atoms with van der Waals surface area (Å²) in [6.45, 7) is 0.938. The molecule has 0 spiro atoms. The highest BCUT2D eigenvalue weighted by Crippen LogP contribution is 2.52. The van der Waals surface area contributed by atoms with Crippen molar-refractivity contribution in [2.24, 2.45) is 5.92 Å². The third-order valence-electron chi connectivity index (χ3n) is 6.50. The molecule has 41 heavy (non-hydrogen) atoms. The fourth-order valence-corrected chi connectivity index (χ4v) is 7.28. The number of aromatic nitrogens is 1. The number of hydrogen-bond acceptors (Lipinski definition) is 10. The van der Waals surface area contributed by atoms with Gasteiger partial charge in [0.25, 0.3) is 5.91 Å². The molecule has 12 nitrogen and oxygen atoms in total. The Hall–Kier alpha value is -4.43. The van der Waals surface area contributed by atoms with E-state index < -0.39 is 53.3 Å². The number of carboxylic acids is 1. The number of amides is 3. The highest BCUT2D eigenvalue weighted by Gasteiger charge is 2.56. The molecular weight excluding hydrogens is 574 g/mol. The van der Waals surface area contributed by atoms with Gasteiger partial charge in [0, 0.05) is 16.5 Å². The first kappa shape index (κ1) is 28.1. The lowest BCUT2D eigenvalue weighted by atomic mass is 9.83. The van der Waals surface area contributed by atoms with Crippen LogP contribution in [0.25, 0.3) is 0 Å². The number of benzene rings is 2. The number of nitrogens with one attached hydrogen (secondary N) is 2. The van der Waals surface area contributed by atoms with Gasteiger partial charge in [0.1, 0.15) is 17.5 Å². The number of fused-ring (bicyclic) bond motifs is 2. The summed E-state index contributed by atoms with van der Waals surface area (Å²) >= 11 is 2.01. The van der Waals surface area contributed by atoms with E-state index >= 15 is 0 Å². The molecule has 14 heteroatoms. The predicted molar refractivity (Wildman–Crippen MR) is 147 cm³/mol. The van der Waals surface area contributed by atoms with Gasteiger partial charge in [-0.3, -0.25) is 28.9 Å². The van der Waals surface area contributed by atoms with E-state index in [1.807, 2.05) is 0 Å². The van der Waals surface area contributed by atoms with Crippen LogP contribution in [0.4, 0.5) is 5.69 Å². The van der Waals surface area contributed by atoms with Gasteiger partial charge < -0.3 is 24.9 Å². The second kappa shape index (κ2) is 11.6. The number of esters is 1. The number of likely N-dealkylation sites (tertiary alicyclic amines) is 1. The number of imide groups is 1. The van der Waals surface area contributed by atoms with Gasteiger partial charge in [-0.05, 0) is 48.9 Å². The van der Waals surface area contributed by atoms with Crippen LogP contribution in [0.15, 0.2) is 58.4 Å². The molecule has 3 N–H and O–H groups in total. The Balaban J connectivity index is 1.28. The van der Waals surface area contributed by atoms with Crippen LogP contribution in [0.3, 0.4) is 0 Å². The summed E-state index contributed by atoms with van der Waals surface area (Å²) in [5, 5.41) is 11.5. The van der Waals surface area contributed by atoms with Crippen LogP contribution in [-0.4, -0.2) is 69.7 Å². The van der Waals surface area contributed by atoms with Gasteiger partial charge >= 0.3 is 16.8 Å². The van der Waals surface area contributed by atoms with E-state index in [0.29, 0.717) is 32.5 Å². The molecule has 2 aromatic carbocycles. The van der Waals surface area contributed by atoms with Gasteiger partial charge in [0.05, 0.1) is 23.1 Å². The molecule has 3 heterocycles. The Morgan fingerprint density at radius 1 is 1.02 bits per heavy atom. The fourth-order valence-electron chi connectivity index (χ4n) is 4.75. The number of thioether (sulfide) groups is 1. The molecule has 0 saturated carbocycles. The molecule has 3 amide bonds. The first-order valence-corrected chi connectivity index (χ1v) is 14.1. The van der Waals surface area contributed by atoms with Crippen molar-refractivity contribution in [3.63, 3.8) is 0 Å². The van der Waals surface area contributed by atoms with Crippen LogP contribution in [0, 0.1) is 5.92 Å². The number of aromatic amines is 1. The minimum atomic E-state index is -1.30. The first-order valence-electron chi connectivity index (χ1n) is 12.4. The maximum Gasteiger partial charge on any atom is 0.338 e. The lowest BCUT2D eigenvalue weighted by Gasteiger charge is -2.29. The Morgan fingerprint density at radius 3 is 2.39 bits per heavy atom. The van der Waals surface area contributed by atoms with Crippen LogP contribution < -0.4 is 14.9 Å². The zero-order chi connectivity index (χ0) is 29.3. The number of carbonyl (C=O) groups is 5. The molecule has 0 bridgehead atoms. The summed E-state index contributed by atoms with van der Waals surface area (Å²) in [5.74, 6) is -4.54. The zero-order valence-electron chi connectivity index (χ0n) is 21.4. The maximum atomic E-state index is 13.2. The highest BCUT2D eigenvalue weighted by molar-refractivity contribution is 8.00. The lowest BCUT2D eigenvalue weighted by Crippen LogP contribution is -2.36. The standard InChI is InChI=1S/C27H23N3O9S2/c1-2-38-26(36)14-3-7-15(8-4-14)28-17(31)12-39-16-9-5-13(6-10-16)19-20-22(40-23-21(19)41-27(37)29-23)25(35)30(24(20)34)11-18(32)33/h3-10,19-20,22H,2,11-12H2,1H3,(H,28,31)(H,29,37)(H,32,33)/t19-,20+,22-/m0/s1. The summed E-state index contributed by atoms with van der Waals surface area (Å²) < 4.78 is 10.5. The van der Waals surface area contributed by atoms with Gasteiger partial charge in [-0.2, -0.15) is 0 Å². The molecule has 0 unspecified atom stereocenters. The van der Waals surface area contributed by atoms with Crippen molar-refractivity contribution < 1.29 is 38.6 Å². The highest BCUT2D eigenvalue weighted by atomic mass is 32.2. The van der Waals surface area contributed by atoms with Crippen LogP contribution in [0.5, 0.6) is 5.75 Å². The molecule has 5 rings (SSSR count). The smallest absolute Gasteiger partial charge is 0.338 e. The average Bonchev–Trinajstić information content (AvgIpc) is 3.43. The second-order valence-corrected chi connectivity index (χ2v) is 11.3. The number of anilines is 1. The van der Waals surface area contributed by atoms with E-state index in [1.54, 1.807) is 43.3 Å². The summed E-state index contributed by atoms with van der Waals surface area (Å²) in [4.78, 5) is 77.5. The minimum absolute atomic E-state index is 0.258. The number of nitrogens with zero attached hydrogens (tertiary/aromatic N) is 1. The van der Waals surface area contributed by atoms with Crippen molar-refractivity contribution in [2.45, 2.75) is 23.1 Å².